The number of methoxy groups -OCH3 is 1. The van der Waals surface area contributed by atoms with E-state index >= 15 is 0 Å². The molecule has 0 saturated carbocycles. The van der Waals surface area contributed by atoms with Gasteiger partial charge in [-0.2, -0.15) is 26.3 Å². The molecule has 2 aliphatic heterocycles. The lowest BCUT2D eigenvalue weighted by atomic mass is 9.99. The molecular weight excluding hydrogens is 592 g/mol. The number of alkyl halides is 6. The van der Waals surface area contributed by atoms with Crippen molar-refractivity contribution in [3.8, 4) is 5.75 Å². The Kier molecular flexibility index (Phi) is 10.3. The summed E-state index contributed by atoms with van der Waals surface area (Å²) < 4.78 is 91.8. The molecule has 0 unspecified atom stereocenters. The van der Waals surface area contributed by atoms with Crippen molar-refractivity contribution in [1.29, 1.82) is 0 Å². The van der Waals surface area contributed by atoms with Crippen molar-refractivity contribution in [3.63, 3.8) is 0 Å². The summed E-state index contributed by atoms with van der Waals surface area (Å²) in [4.78, 5) is 19.2. The van der Waals surface area contributed by atoms with Crippen LogP contribution in [0.25, 0.3) is 0 Å². The maximum Gasteiger partial charge on any atom is 0.416 e. The number of aromatic hydroxyl groups is 1. The van der Waals surface area contributed by atoms with E-state index in [1.54, 1.807) is 13.2 Å². The molecule has 2 atom stereocenters. The van der Waals surface area contributed by atoms with Crippen LogP contribution in [-0.4, -0.2) is 104 Å². The van der Waals surface area contributed by atoms with Gasteiger partial charge in [0.2, 0.25) is 0 Å². The van der Waals surface area contributed by atoms with E-state index in [0.29, 0.717) is 63.6 Å². The molecule has 2 aromatic carbocycles. The van der Waals surface area contributed by atoms with Crippen LogP contribution in [0.3, 0.4) is 0 Å². The first-order valence-electron chi connectivity index (χ1n) is 13.4. The lowest BCUT2D eigenvalue weighted by Crippen LogP contribution is -2.57. The normalized spacial score (nSPS) is 21.1. The molecule has 232 valence electrons. The Hall–Kier alpha value is -2.58. The van der Waals surface area contributed by atoms with Gasteiger partial charge in [-0.05, 0) is 42.3 Å². The monoisotopic (exact) mass is 623 g/mol. The predicted octanol–water partition coefficient (Wildman–Crippen LogP) is 4.80. The molecule has 2 fully saturated rings. The number of ether oxygens (including phenoxy) is 2. The van der Waals surface area contributed by atoms with Gasteiger partial charge in [0.05, 0.1) is 35.5 Å². The number of amides is 1. The zero-order valence-electron chi connectivity index (χ0n) is 22.8. The van der Waals surface area contributed by atoms with Crippen LogP contribution in [0.1, 0.15) is 27.0 Å². The standard InChI is InChI=1S/C28H32ClF6N3O4/c1-41-17-23-16-37(8-9-42-23)5-4-36-6-7-38(22(15-36)10-18-2-3-24(29)25(39)11-18)26(40)19-12-20(27(30,31)32)14-21(13-19)28(33,34)35/h2-3,11-14,22-23,39H,4-10,15-17H2,1H3/t22-,23+/m1/s1. The van der Waals surface area contributed by atoms with Crippen molar-refractivity contribution in [3.05, 3.63) is 63.7 Å². The third-order valence-corrected chi connectivity index (χ3v) is 7.77. The van der Waals surface area contributed by atoms with Gasteiger partial charge in [0.25, 0.3) is 5.91 Å². The van der Waals surface area contributed by atoms with E-state index in [1.165, 1.54) is 17.0 Å². The molecule has 2 aromatic rings. The van der Waals surface area contributed by atoms with E-state index in [-0.39, 0.29) is 35.9 Å². The lowest BCUT2D eigenvalue weighted by Gasteiger charge is -2.43. The number of rotatable bonds is 8. The number of halogens is 7. The molecule has 4 rings (SSSR count). The topological polar surface area (TPSA) is 65.5 Å². The van der Waals surface area contributed by atoms with Crippen molar-refractivity contribution >= 4 is 17.5 Å². The van der Waals surface area contributed by atoms with Crippen LogP contribution >= 0.6 is 11.6 Å². The van der Waals surface area contributed by atoms with Crippen LogP contribution in [0, 0.1) is 0 Å². The number of nitrogens with zero attached hydrogens (tertiary/aromatic N) is 3. The number of carbonyl (C=O) groups is 1. The van der Waals surface area contributed by atoms with Gasteiger partial charge in [0, 0.05) is 64.5 Å². The number of hydrogen-bond donors (Lipinski definition) is 1. The molecule has 0 bridgehead atoms. The molecule has 1 amide bonds. The Morgan fingerprint density at radius 3 is 2.21 bits per heavy atom. The highest BCUT2D eigenvalue weighted by Crippen LogP contribution is 2.37. The average Bonchev–Trinajstić information content (AvgIpc) is 2.93. The number of phenols is 1. The van der Waals surface area contributed by atoms with Gasteiger partial charge >= 0.3 is 12.4 Å². The SMILES string of the molecule is COC[C@@H]1CN(CCN2CCN(C(=O)c3cc(C(F)(F)F)cc(C(F)(F)F)c3)[C@H](Cc3ccc(Cl)c(O)c3)C2)CCO1. The van der Waals surface area contributed by atoms with Crippen LogP contribution in [0.2, 0.25) is 5.02 Å². The summed E-state index contributed by atoms with van der Waals surface area (Å²) in [5.41, 5.74) is -3.17. The molecule has 0 spiro atoms. The zero-order valence-corrected chi connectivity index (χ0v) is 23.6. The highest BCUT2D eigenvalue weighted by molar-refractivity contribution is 6.32. The van der Waals surface area contributed by atoms with Crippen molar-refractivity contribution in [2.75, 3.05) is 66.1 Å². The minimum absolute atomic E-state index is 0.00547. The number of morpholine rings is 1. The van der Waals surface area contributed by atoms with Crippen LogP contribution < -0.4 is 0 Å². The second-order valence-corrected chi connectivity index (χ2v) is 10.9. The summed E-state index contributed by atoms with van der Waals surface area (Å²) in [6.07, 6.45) is -9.99. The highest BCUT2D eigenvalue weighted by atomic mass is 35.5. The Morgan fingerprint density at radius 2 is 1.62 bits per heavy atom. The van der Waals surface area contributed by atoms with Gasteiger partial charge in [0.15, 0.2) is 0 Å². The van der Waals surface area contributed by atoms with E-state index in [4.69, 9.17) is 21.1 Å². The third-order valence-electron chi connectivity index (χ3n) is 7.45. The molecule has 14 heteroatoms. The molecular formula is C28H32ClF6N3O4. The Bertz CT molecular complexity index is 1210. The largest absolute Gasteiger partial charge is 0.506 e. The van der Waals surface area contributed by atoms with E-state index in [2.05, 4.69) is 9.80 Å². The molecule has 0 aliphatic carbocycles. The molecule has 2 saturated heterocycles. The smallest absolute Gasteiger partial charge is 0.416 e. The molecule has 42 heavy (non-hydrogen) atoms. The van der Waals surface area contributed by atoms with Crippen molar-refractivity contribution in [2.45, 2.75) is 30.9 Å². The van der Waals surface area contributed by atoms with Crippen LogP contribution in [0.4, 0.5) is 26.3 Å². The molecule has 1 N–H and O–H groups in total. The molecule has 0 radical (unpaired) electrons. The highest BCUT2D eigenvalue weighted by Gasteiger charge is 2.39. The van der Waals surface area contributed by atoms with Gasteiger partial charge in [-0.3, -0.25) is 14.6 Å². The zero-order chi connectivity index (χ0) is 30.7. The molecule has 2 heterocycles. The second-order valence-electron chi connectivity index (χ2n) is 10.5. The summed E-state index contributed by atoms with van der Waals surface area (Å²) in [6, 6.07) is 4.90. The van der Waals surface area contributed by atoms with E-state index < -0.39 is 41.0 Å². The average molecular weight is 624 g/mol. The molecule has 7 nitrogen and oxygen atoms in total. The van der Waals surface area contributed by atoms with Crippen molar-refractivity contribution in [2.24, 2.45) is 0 Å². The first-order chi connectivity index (χ1) is 19.7. The molecule has 0 aromatic heterocycles. The maximum atomic E-state index is 13.6. The van der Waals surface area contributed by atoms with E-state index in [1.807, 2.05) is 0 Å². The van der Waals surface area contributed by atoms with Crippen LogP contribution in [0.15, 0.2) is 36.4 Å². The maximum absolute atomic E-state index is 13.6. The summed E-state index contributed by atoms with van der Waals surface area (Å²) in [6.45, 7) is 4.60. The fourth-order valence-corrected chi connectivity index (χ4v) is 5.44. The first-order valence-corrected chi connectivity index (χ1v) is 13.8. The fourth-order valence-electron chi connectivity index (χ4n) is 5.32. The first kappa shape index (κ1) is 32.3. The van der Waals surface area contributed by atoms with Gasteiger partial charge in [-0.25, -0.2) is 0 Å². The summed E-state index contributed by atoms with van der Waals surface area (Å²) in [5, 5.41) is 10.2. The predicted molar refractivity (Wildman–Crippen MR) is 143 cm³/mol. The van der Waals surface area contributed by atoms with Crippen molar-refractivity contribution in [1.82, 2.24) is 14.7 Å². The lowest BCUT2D eigenvalue weighted by molar-refractivity contribution is -0.143. The Morgan fingerprint density at radius 1 is 0.976 bits per heavy atom. The minimum Gasteiger partial charge on any atom is -0.506 e. The van der Waals surface area contributed by atoms with Crippen LogP contribution in [0.5, 0.6) is 5.75 Å². The quantitative estimate of drug-likeness (QED) is 0.427. The number of piperazine rings is 1. The van der Waals surface area contributed by atoms with Gasteiger partial charge in [-0.15, -0.1) is 0 Å². The van der Waals surface area contributed by atoms with Gasteiger partial charge in [0.1, 0.15) is 5.75 Å². The van der Waals surface area contributed by atoms with Gasteiger partial charge in [-0.1, -0.05) is 17.7 Å². The van der Waals surface area contributed by atoms with Crippen LogP contribution in [-0.2, 0) is 28.2 Å². The number of hydrogen-bond acceptors (Lipinski definition) is 6. The third kappa shape index (κ3) is 8.28. The Balaban J connectivity index is 1.56. The summed E-state index contributed by atoms with van der Waals surface area (Å²) in [7, 11) is 1.60. The summed E-state index contributed by atoms with van der Waals surface area (Å²) >= 11 is 5.93. The molecule has 2 aliphatic rings. The minimum atomic E-state index is -5.07. The van der Waals surface area contributed by atoms with E-state index in [0.717, 1.165) is 6.54 Å². The summed E-state index contributed by atoms with van der Waals surface area (Å²) in [5.74, 6) is -1.10. The Labute approximate surface area is 244 Å². The number of benzene rings is 2. The van der Waals surface area contributed by atoms with Gasteiger partial charge < -0.3 is 19.5 Å². The van der Waals surface area contributed by atoms with E-state index in [9.17, 15) is 36.2 Å². The second kappa shape index (κ2) is 13.4. The number of carbonyl (C=O) groups excluding carboxylic acids is 1. The van der Waals surface area contributed by atoms with Crippen molar-refractivity contribution < 1.29 is 45.7 Å². The fraction of sp³-hybridized carbons (Fsp3) is 0.536. The number of phenolic OH excluding ortho intramolecular Hbond substituents is 1.